The molecule has 0 bridgehead atoms. The highest BCUT2D eigenvalue weighted by atomic mass is 127. The number of hydrogen-bond donors (Lipinski definition) is 0. The molecule has 0 aromatic rings. The summed E-state index contributed by atoms with van der Waals surface area (Å²) in [5.74, 6) is -2.85. The molecule has 0 nitrogen and oxygen atoms in total. The summed E-state index contributed by atoms with van der Waals surface area (Å²) in [4.78, 5) is 0. The number of alkyl halides is 30. The second kappa shape index (κ2) is 15.7. The summed E-state index contributed by atoms with van der Waals surface area (Å²) < 4.78 is 347. The van der Waals surface area contributed by atoms with Crippen molar-refractivity contribution in [3.05, 3.63) is 0 Å². The zero-order valence-corrected chi connectivity index (χ0v) is 27.1. The lowest BCUT2D eigenvalue weighted by Crippen LogP contribution is -2.57. The minimum Gasteiger partial charge on any atom is -0.224 e. The molecule has 0 unspecified atom stereocenters. The van der Waals surface area contributed by atoms with Gasteiger partial charge < -0.3 is 0 Å². The van der Waals surface area contributed by atoms with E-state index in [0.717, 1.165) is 0 Å². The van der Waals surface area contributed by atoms with E-state index in [2.05, 4.69) is 0 Å². The van der Waals surface area contributed by atoms with Gasteiger partial charge in [-0.15, -0.1) is 0 Å². The minimum absolute atomic E-state index is 0.272. The lowest BCUT2D eigenvalue weighted by atomic mass is 9.81. The summed E-state index contributed by atoms with van der Waals surface area (Å²) in [6.45, 7) is 0. The van der Waals surface area contributed by atoms with Crippen LogP contribution in [0.3, 0.4) is 0 Å². The normalized spacial score (nSPS) is 15.8. The van der Waals surface area contributed by atoms with Gasteiger partial charge in [0.2, 0.25) is 0 Å². The standard InChI is InChI=1S/C11H9F14I.C9H5F14I/c12-6(8(14,15)16,9(17,18)19)3-5(1-2-26)4-7(13,10(20,21)22)11(23,24)25;10-4(6(12,13)14,7(15,16)17)1-3(24)2-5(11,8(18,19)20)9(21,22)23/h5H,1-4H2;3H,1-2H2. The first-order valence-electron chi connectivity index (χ1n) is 11.7. The van der Waals surface area contributed by atoms with Gasteiger partial charge in [0, 0.05) is 29.6 Å². The maximum absolute atomic E-state index is 13.6. The second-order valence-electron chi connectivity index (χ2n) is 9.94. The Morgan fingerprint density at radius 3 is 0.600 bits per heavy atom. The molecule has 0 amide bonds. The van der Waals surface area contributed by atoms with Crippen LogP contribution in [0.15, 0.2) is 0 Å². The van der Waals surface area contributed by atoms with Crippen molar-refractivity contribution in [2.24, 2.45) is 5.92 Å². The van der Waals surface area contributed by atoms with E-state index >= 15 is 0 Å². The molecular formula is C20H14F28I2. The Bertz CT molecular complexity index is 913. The van der Waals surface area contributed by atoms with E-state index in [1.807, 2.05) is 0 Å². The van der Waals surface area contributed by atoms with Crippen molar-refractivity contribution in [2.75, 3.05) is 4.43 Å². The molecule has 304 valence electrons. The summed E-state index contributed by atoms with van der Waals surface area (Å²) in [5, 5.41) is 0. The Morgan fingerprint density at radius 1 is 0.300 bits per heavy atom. The predicted octanol–water partition coefficient (Wildman–Crippen LogP) is 13.1. The molecule has 0 fully saturated rings. The Morgan fingerprint density at radius 2 is 0.460 bits per heavy atom. The largest absolute Gasteiger partial charge is 0.431 e. The van der Waals surface area contributed by atoms with Crippen LogP contribution in [-0.4, -0.2) is 80.4 Å². The molecule has 0 saturated carbocycles. The molecule has 0 aliphatic heterocycles. The maximum Gasteiger partial charge on any atom is 0.431 e. The summed E-state index contributed by atoms with van der Waals surface area (Å²) in [6.07, 6.45) is -66.0. The summed E-state index contributed by atoms with van der Waals surface area (Å²) in [5.41, 5.74) is -24.4. The van der Waals surface area contributed by atoms with Crippen LogP contribution in [-0.2, 0) is 0 Å². The molecule has 0 atom stereocenters. The highest BCUT2D eigenvalue weighted by Crippen LogP contribution is 2.56. The third-order valence-corrected chi connectivity index (χ3v) is 7.76. The molecule has 0 aromatic carbocycles. The summed E-state index contributed by atoms with van der Waals surface area (Å²) in [6, 6.07) is 0. The van der Waals surface area contributed by atoms with Crippen LogP contribution in [0.2, 0.25) is 0 Å². The van der Waals surface area contributed by atoms with Crippen molar-refractivity contribution in [3.8, 4) is 0 Å². The van der Waals surface area contributed by atoms with E-state index in [0.29, 0.717) is 0 Å². The van der Waals surface area contributed by atoms with Crippen molar-refractivity contribution in [1.29, 1.82) is 0 Å². The van der Waals surface area contributed by atoms with Crippen LogP contribution in [0, 0.1) is 5.92 Å². The molecule has 0 heterocycles. The van der Waals surface area contributed by atoms with Gasteiger partial charge in [0.25, 0.3) is 22.7 Å². The molecule has 0 aliphatic rings. The number of hydrogen-bond acceptors (Lipinski definition) is 0. The maximum atomic E-state index is 13.6. The number of halogens is 30. The molecule has 0 radical (unpaired) electrons. The van der Waals surface area contributed by atoms with Gasteiger partial charge in [-0.3, -0.25) is 0 Å². The van der Waals surface area contributed by atoms with Crippen molar-refractivity contribution < 1.29 is 123 Å². The van der Waals surface area contributed by atoms with E-state index < -0.39 is 118 Å². The quantitative estimate of drug-likeness (QED) is 0.116. The first-order chi connectivity index (χ1) is 21.2. The van der Waals surface area contributed by atoms with Crippen molar-refractivity contribution in [3.63, 3.8) is 0 Å². The number of rotatable bonds is 10. The van der Waals surface area contributed by atoms with Crippen molar-refractivity contribution in [1.82, 2.24) is 0 Å². The van der Waals surface area contributed by atoms with Crippen LogP contribution < -0.4 is 0 Å². The zero-order chi connectivity index (χ0) is 41.4. The monoisotopic (exact) mass is 1040 g/mol. The SMILES string of the molecule is FC(F)(F)C(F)(CC(CCI)CC(F)(C(F)(F)F)C(F)(F)F)C(F)(F)F.FC(F)(F)C(F)(CC(I)CC(F)(C(F)(F)F)C(F)(F)F)C(F)(F)F. The van der Waals surface area contributed by atoms with Crippen LogP contribution >= 0.6 is 45.2 Å². The molecule has 50 heavy (non-hydrogen) atoms. The van der Waals surface area contributed by atoms with Gasteiger partial charge in [-0.2, -0.15) is 105 Å². The fourth-order valence-corrected chi connectivity index (χ4v) is 5.57. The van der Waals surface area contributed by atoms with Gasteiger partial charge in [-0.1, -0.05) is 45.2 Å². The smallest absolute Gasteiger partial charge is 0.224 e. The van der Waals surface area contributed by atoms with Gasteiger partial charge in [-0.25, -0.2) is 17.6 Å². The first kappa shape index (κ1) is 51.6. The lowest BCUT2D eigenvalue weighted by molar-refractivity contribution is -0.357. The Balaban J connectivity index is 0. The molecule has 0 saturated heterocycles. The van der Waals surface area contributed by atoms with E-state index in [-0.39, 0.29) is 22.6 Å². The van der Waals surface area contributed by atoms with Crippen LogP contribution in [0.1, 0.15) is 32.1 Å². The van der Waals surface area contributed by atoms with Crippen LogP contribution in [0.4, 0.5) is 123 Å². The molecule has 0 N–H and O–H groups in total. The topological polar surface area (TPSA) is 0 Å². The van der Waals surface area contributed by atoms with E-state index in [9.17, 15) is 123 Å². The van der Waals surface area contributed by atoms with Gasteiger partial charge in [0.05, 0.1) is 0 Å². The first-order valence-corrected chi connectivity index (χ1v) is 14.5. The van der Waals surface area contributed by atoms with Gasteiger partial charge >= 0.3 is 49.4 Å². The van der Waals surface area contributed by atoms with Crippen molar-refractivity contribution in [2.45, 2.75) is 108 Å². The molecular weight excluding hydrogens is 1030 g/mol. The van der Waals surface area contributed by atoms with Crippen LogP contribution in [0.5, 0.6) is 0 Å². The molecule has 0 aliphatic carbocycles. The van der Waals surface area contributed by atoms with Gasteiger partial charge in [-0.05, 0) is 16.8 Å². The second-order valence-corrected chi connectivity index (χ2v) is 12.8. The highest BCUT2D eigenvalue weighted by molar-refractivity contribution is 14.1. The average molecular weight is 1040 g/mol. The molecule has 30 heteroatoms. The average Bonchev–Trinajstić information content (AvgIpc) is 2.78. The summed E-state index contributed by atoms with van der Waals surface area (Å²) >= 11 is 1.49. The van der Waals surface area contributed by atoms with E-state index in [1.165, 1.54) is 22.6 Å². The van der Waals surface area contributed by atoms with Crippen LogP contribution in [0.25, 0.3) is 0 Å². The zero-order valence-electron chi connectivity index (χ0n) is 22.7. The minimum atomic E-state index is -6.68. The Labute approximate surface area is 286 Å². The third-order valence-electron chi connectivity index (χ3n) is 6.26. The fraction of sp³-hybridized carbons (Fsp3) is 1.00. The predicted molar refractivity (Wildman–Crippen MR) is 127 cm³/mol. The summed E-state index contributed by atoms with van der Waals surface area (Å²) in [7, 11) is 0. The Hall–Kier alpha value is -0.500. The fourth-order valence-electron chi connectivity index (χ4n) is 3.48. The van der Waals surface area contributed by atoms with Gasteiger partial charge in [0.15, 0.2) is 0 Å². The molecule has 0 aromatic heterocycles. The third kappa shape index (κ3) is 11.5. The molecule has 0 rings (SSSR count). The van der Waals surface area contributed by atoms with Gasteiger partial charge in [0.1, 0.15) is 0 Å². The van der Waals surface area contributed by atoms with E-state index in [4.69, 9.17) is 0 Å². The Kier molecular flexibility index (Phi) is 16.2. The molecule has 0 spiro atoms. The van der Waals surface area contributed by atoms with Crippen molar-refractivity contribution >= 4 is 45.2 Å². The lowest BCUT2D eigenvalue weighted by Gasteiger charge is -2.36. The van der Waals surface area contributed by atoms with E-state index in [1.54, 1.807) is 0 Å². The highest BCUT2D eigenvalue weighted by Gasteiger charge is 2.77.